The molecular formula is C10H8INO. The predicted molar refractivity (Wildman–Crippen MR) is 61.0 cm³/mol. The highest BCUT2D eigenvalue weighted by atomic mass is 127. The monoisotopic (exact) mass is 285 g/mol. The van der Waals surface area contributed by atoms with Crippen LogP contribution in [0.2, 0.25) is 0 Å². The van der Waals surface area contributed by atoms with E-state index in [1.54, 1.807) is 7.11 Å². The van der Waals surface area contributed by atoms with Crippen LogP contribution in [-0.2, 0) is 0 Å². The zero-order valence-corrected chi connectivity index (χ0v) is 9.28. The topological polar surface area (TPSA) is 22.1 Å². The van der Waals surface area contributed by atoms with Crippen molar-refractivity contribution in [3.63, 3.8) is 0 Å². The molecule has 0 amide bonds. The Labute approximate surface area is 90.1 Å². The van der Waals surface area contributed by atoms with Crippen LogP contribution in [0.3, 0.4) is 0 Å². The molecule has 0 aliphatic carbocycles. The third-order valence-corrected chi connectivity index (χ3v) is 2.42. The lowest BCUT2D eigenvalue weighted by molar-refractivity contribution is 0.402. The molecule has 0 atom stereocenters. The van der Waals surface area contributed by atoms with Gasteiger partial charge in [0.15, 0.2) is 0 Å². The quantitative estimate of drug-likeness (QED) is 0.593. The van der Waals surface area contributed by atoms with Crippen molar-refractivity contribution in [2.24, 2.45) is 0 Å². The zero-order chi connectivity index (χ0) is 9.26. The van der Waals surface area contributed by atoms with E-state index in [-0.39, 0.29) is 0 Å². The fourth-order valence-electron chi connectivity index (χ4n) is 1.29. The third-order valence-electron chi connectivity index (χ3n) is 1.87. The molecular weight excluding hydrogens is 277 g/mol. The first-order valence-electron chi connectivity index (χ1n) is 3.90. The first-order valence-corrected chi connectivity index (χ1v) is 4.98. The van der Waals surface area contributed by atoms with Gasteiger partial charge in [0.05, 0.1) is 7.11 Å². The molecule has 2 aromatic rings. The normalized spacial score (nSPS) is 10.3. The zero-order valence-electron chi connectivity index (χ0n) is 7.12. The number of methoxy groups -OCH3 is 1. The van der Waals surface area contributed by atoms with E-state index in [0.29, 0.717) is 5.88 Å². The minimum absolute atomic E-state index is 0.697. The van der Waals surface area contributed by atoms with E-state index < -0.39 is 0 Å². The van der Waals surface area contributed by atoms with Crippen molar-refractivity contribution in [1.29, 1.82) is 0 Å². The molecule has 3 heteroatoms. The molecule has 0 spiro atoms. The summed E-state index contributed by atoms with van der Waals surface area (Å²) < 4.78 is 6.14. The van der Waals surface area contributed by atoms with Crippen LogP contribution in [0.4, 0.5) is 0 Å². The summed E-state index contributed by atoms with van der Waals surface area (Å²) in [6.07, 6.45) is 0. The van der Waals surface area contributed by atoms with Crippen molar-refractivity contribution in [3.05, 3.63) is 34.0 Å². The molecule has 0 radical (unpaired) electrons. The van der Waals surface area contributed by atoms with E-state index >= 15 is 0 Å². The van der Waals surface area contributed by atoms with E-state index in [9.17, 15) is 0 Å². The Hall–Kier alpha value is -0.840. The average molecular weight is 285 g/mol. The summed E-state index contributed by atoms with van der Waals surface area (Å²) in [7, 11) is 1.64. The van der Waals surface area contributed by atoms with Gasteiger partial charge in [-0.3, -0.25) is 0 Å². The molecule has 66 valence electrons. The maximum Gasteiger partial charge on any atom is 0.222 e. The number of ether oxygens (including phenoxy) is 1. The molecule has 0 fully saturated rings. The molecule has 0 saturated carbocycles. The Bertz CT molecular complexity index is 442. The van der Waals surface area contributed by atoms with Gasteiger partial charge >= 0.3 is 0 Å². The van der Waals surface area contributed by atoms with Crippen molar-refractivity contribution >= 4 is 33.4 Å². The van der Waals surface area contributed by atoms with Gasteiger partial charge in [-0.2, -0.15) is 0 Å². The number of benzene rings is 1. The molecule has 0 saturated heterocycles. The van der Waals surface area contributed by atoms with Crippen LogP contribution >= 0.6 is 22.6 Å². The third kappa shape index (κ3) is 1.60. The number of rotatable bonds is 1. The van der Waals surface area contributed by atoms with E-state index in [0.717, 1.165) is 9.09 Å². The Balaban J connectivity index is 2.81. The van der Waals surface area contributed by atoms with Gasteiger partial charge in [0.2, 0.25) is 5.88 Å². The van der Waals surface area contributed by atoms with Crippen LogP contribution in [-0.4, -0.2) is 12.1 Å². The van der Waals surface area contributed by atoms with E-state index in [1.807, 2.05) is 24.3 Å². The Morgan fingerprint density at radius 1 is 1.31 bits per heavy atom. The van der Waals surface area contributed by atoms with Gasteiger partial charge in [-0.15, -0.1) is 0 Å². The summed E-state index contributed by atoms with van der Waals surface area (Å²) in [6, 6.07) is 10.1. The highest BCUT2D eigenvalue weighted by Crippen LogP contribution is 2.24. The van der Waals surface area contributed by atoms with Crippen LogP contribution in [0, 0.1) is 3.70 Å². The maximum absolute atomic E-state index is 5.19. The summed E-state index contributed by atoms with van der Waals surface area (Å²) in [5, 5.41) is 2.23. The molecule has 1 aromatic heterocycles. The molecule has 1 heterocycles. The minimum Gasteiger partial charge on any atom is -0.481 e. The number of aromatic nitrogens is 1. The number of hydrogen-bond acceptors (Lipinski definition) is 2. The molecule has 0 bridgehead atoms. The largest absolute Gasteiger partial charge is 0.481 e. The van der Waals surface area contributed by atoms with Crippen LogP contribution in [0.15, 0.2) is 30.3 Å². The van der Waals surface area contributed by atoms with E-state index in [4.69, 9.17) is 4.74 Å². The lowest BCUT2D eigenvalue weighted by Crippen LogP contribution is -1.91. The fourth-order valence-corrected chi connectivity index (χ4v) is 1.85. The van der Waals surface area contributed by atoms with Crippen molar-refractivity contribution in [2.45, 2.75) is 0 Å². The first-order chi connectivity index (χ1) is 6.31. The second-order valence-electron chi connectivity index (χ2n) is 2.68. The fraction of sp³-hybridized carbons (Fsp3) is 0.100. The summed E-state index contributed by atoms with van der Waals surface area (Å²) in [4.78, 5) is 4.28. The second kappa shape index (κ2) is 3.49. The lowest BCUT2D eigenvalue weighted by atomic mass is 10.2. The second-order valence-corrected chi connectivity index (χ2v) is 3.78. The highest BCUT2D eigenvalue weighted by molar-refractivity contribution is 14.1. The SMILES string of the molecule is COc1nc(I)cc2ccccc12. The smallest absolute Gasteiger partial charge is 0.222 e. The van der Waals surface area contributed by atoms with Crippen molar-refractivity contribution in [3.8, 4) is 5.88 Å². The Morgan fingerprint density at radius 2 is 2.08 bits per heavy atom. The molecule has 2 rings (SSSR count). The maximum atomic E-state index is 5.19. The molecule has 2 nitrogen and oxygen atoms in total. The highest BCUT2D eigenvalue weighted by Gasteiger charge is 2.02. The van der Waals surface area contributed by atoms with Gasteiger partial charge in [-0.05, 0) is 40.1 Å². The van der Waals surface area contributed by atoms with Crippen LogP contribution < -0.4 is 4.74 Å². The van der Waals surface area contributed by atoms with Crippen LogP contribution in [0.5, 0.6) is 5.88 Å². The van der Waals surface area contributed by atoms with E-state index in [1.165, 1.54) is 5.39 Å². The molecule has 1 aromatic carbocycles. The summed E-state index contributed by atoms with van der Waals surface area (Å²) in [5.74, 6) is 0.697. The summed E-state index contributed by atoms with van der Waals surface area (Å²) in [5.41, 5.74) is 0. The molecule has 0 N–H and O–H groups in total. The predicted octanol–water partition coefficient (Wildman–Crippen LogP) is 2.85. The summed E-state index contributed by atoms with van der Waals surface area (Å²) in [6.45, 7) is 0. The number of nitrogens with zero attached hydrogens (tertiary/aromatic N) is 1. The first kappa shape index (κ1) is 8.74. The lowest BCUT2D eigenvalue weighted by Gasteiger charge is -2.04. The van der Waals surface area contributed by atoms with Gasteiger partial charge in [0.25, 0.3) is 0 Å². The number of fused-ring (bicyclic) bond motifs is 1. The van der Waals surface area contributed by atoms with Gasteiger partial charge in [-0.1, -0.05) is 18.2 Å². The number of pyridine rings is 1. The van der Waals surface area contributed by atoms with Crippen molar-refractivity contribution < 1.29 is 4.74 Å². The van der Waals surface area contributed by atoms with Gasteiger partial charge < -0.3 is 4.74 Å². The van der Waals surface area contributed by atoms with Crippen LogP contribution in [0.1, 0.15) is 0 Å². The minimum atomic E-state index is 0.697. The molecule has 13 heavy (non-hydrogen) atoms. The van der Waals surface area contributed by atoms with Gasteiger partial charge in [0, 0.05) is 5.39 Å². The van der Waals surface area contributed by atoms with E-state index in [2.05, 4.69) is 33.6 Å². The summed E-state index contributed by atoms with van der Waals surface area (Å²) >= 11 is 2.19. The molecule has 0 aliphatic rings. The number of hydrogen-bond donors (Lipinski definition) is 0. The van der Waals surface area contributed by atoms with Crippen molar-refractivity contribution in [2.75, 3.05) is 7.11 Å². The average Bonchev–Trinajstić information content (AvgIpc) is 2.16. The molecule has 0 unspecified atom stereocenters. The van der Waals surface area contributed by atoms with Crippen molar-refractivity contribution in [1.82, 2.24) is 4.98 Å². The number of halogens is 1. The Morgan fingerprint density at radius 3 is 2.85 bits per heavy atom. The van der Waals surface area contributed by atoms with Gasteiger partial charge in [-0.25, -0.2) is 4.98 Å². The van der Waals surface area contributed by atoms with Crippen LogP contribution in [0.25, 0.3) is 10.8 Å². The molecule has 0 aliphatic heterocycles. The standard InChI is InChI=1S/C10H8INO/c1-13-10-8-5-3-2-4-7(8)6-9(11)12-10/h2-6H,1H3. The van der Waals surface area contributed by atoms with Gasteiger partial charge in [0.1, 0.15) is 3.70 Å². The Kier molecular flexibility index (Phi) is 2.35.